The van der Waals surface area contributed by atoms with Crippen LogP contribution < -0.4 is 5.32 Å². The van der Waals surface area contributed by atoms with Gasteiger partial charge in [-0.1, -0.05) is 33.9 Å². The van der Waals surface area contributed by atoms with Gasteiger partial charge in [0, 0.05) is 24.6 Å². The molecule has 1 aliphatic carbocycles. The minimum atomic E-state index is -0.536. The van der Waals surface area contributed by atoms with Crippen LogP contribution in [0.3, 0.4) is 0 Å². The Balaban J connectivity index is 2.29. The quantitative estimate of drug-likeness (QED) is 0.116. The summed E-state index contributed by atoms with van der Waals surface area (Å²) < 4.78 is 30.8. The van der Waals surface area contributed by atoms with Crippen molar-refractivity contribution in [2.75, 3.05) is 59.4 Å². The second-order valence-corrected chi connectivity index (χ2v) is 10.9. The first-order chi connectivity index (χ1) is 18.4. The number of carbonyl (C=O) groups excluding carboxylic acids is 4. The van der Waals surface area contributed by atoms with Crippen LogP contribution in [0.15, 0.2) is 24.8 Å². The average Bonchev–Trinajstić information content (AvgIpc) is 2.84. The maximum Gasteiger partial charge on any atom is 0.407 e. The van der Waals surface area contributed by atoms with Crippen LogP contribution in [0.4, 0.5) is 4.79 Å². The predicted molar refractivity (Wildman–Crippen MR) is 143 cm³/mol. The van der Waals surface area contributed by atoms with Gasteiger partial charge in [-0.2, -0.15) is 0 Å². The lowest BCUT2D eigenvalue weighted by molar-refractivity contribution is -0.147. The van der Waals surface area contributed by atoms with Gasteiger partial charge in [0.2, 0.25) is 0 Å². The number of alkyl carbamates (subject to hydrolysis) is 1. The molecule has 1 saturated carbocycles. The normalized spacial score (nSPS) is 19.8. The van der Waals surface area contributed by atoms with Crippen LogP contribution in [0.5, 0.6) is 0 Å². The van der Waals surface area contributed by atoms with Gasteiger partial charge in [-0.25, -0.2) is 14.4 Å². The van der Waals surface area contributed by atoms with Gasteiger partial charge in [0.1, 0.15) is 26.4 Å². The second kappa shape index (κ2) is 17.6. The molecule has 1 aliphatic rings. The average molecular weight is 556 g/mol. The Labute approximate surface area is 231 Å². The smallest absolute Gasteiger partial charge is 0.407 e. The van der Waals surface area contributed by atoms with Crippen LogP contribution in [0.25, 0.3) is 0 Å². The molecule has 0 bridgehead atoms. The molecule has 222 valence electrons. The molecule has 11 nitrogen and oxygen atoms in total. The number of ether oxygens (including phenoxy) is 6. The van der Waals surface area contributed by atoms with Crippen LogP contribution in [0.2, 0.25) is 0 Å². The van der Waals surface area contributed by atoms with Gasteiger partial charge in [-0.3, -0.25) is 4.79 Å². The minimum absolute atomic E-state index is 0.00321. The molecule has 0 aromatic heterocycles. The zero-order valence-electron chi connectivity index (χ0n) is 23.8. The van der Waals surface area contributed by atoms with Crippen LogP contribution in [-0.4, -0.2) is 83.4 Å². The van der Waals surface area contributed by atoms with Crippen LogP contribution in [-0.2, 0) is 42.8 Å². The minimum Gasteiger partial charge on any atom is -0.463 e. The van der Waals surface area contributed by atoms with E-state index in [1.54, 1.807) is 6.92 Å². The fourth-order valence-electron chi connectivity index (χ4n) is 4.95. The molecule has 1 amide bonds. The van der Waals surface area contributed by atoms with Gasteiger partial charge < -0.3 is 33.7 Å². The van der Waals surface area contributed by atoms with E-state index in [0.717, 1.165) is 25.3 Å². The number of carbonyl (C=O) groups is 4. The van der Waals surface area contributed by atoms with E-state index in [4.69, 9.17) is 28.4 Å². The molecule has 2 unspecified atom stereocenters. The number of hydrogen-bond donors (Lipinski definition) is 1. The first-order valence-corrected chi connectivity index (χ1v) is 13.2. The molecule has 1 rings (SSSR count). The summed E-state index contributed by atoms with van der Waals surface area (Å²) in [6.07, 6.45) is 3.37. The molecule has 1 fully saturated rings. The second-order valence-electron chi connectivity index (χ2n) is 10.9. The summed E-state index contributed by atoms with van der Waals surface area (Å²) in [5.74, 6) is -1.15. The van der Waals surface area contributed by atoms with Crippen molar-refractivity contribution in [1.29, 1.82) is 0 Å². The van der Waals surface area contributed by atoms with E-state index in [1.807, 2.05) is 0 Å². The summed E-state index contributed by atoms with van der Waals surface area (Å²) in [7, 11) is 0. The highest BCUT2D eigenvalue weighted by Gasteiger charge is 2.42. The summed E-state index contributed by atoms with van der Waals surface area (Å²) in [5.41, 5.74) is 0.115. The highest BCUT2D eigenvalue weighted by molar-refractivity contribution is 5.86. The maximum atomic E-state index is 12.4. The maximum absolute atomic E-state index is 12.4. The Morgan fingerprint density at radius 3 is 2.00 bits per heavy atom. The Hall–Kier alpha value is -2.92. The number of hydrogen-bond acceptors (Lipinski definition) is 10. The van der Waals surface area contributed by atoms with Crippen LogP contribution in [0.1, 0.15) is 53.4 Å². The summed E-state index contributed by atoms with van der Waals surface area (Å²) in [6, 6.07) is 0. The largest absolute Gasteiger partial charge is 0.463 e. The first-order valence-electron chi connectivity index (χ1n) is 13.2. The molecule has 39 heavy (non-hydrogen) atoms. The molecule has 0 aromatic carbocycles. The van der Waals surface area contributed by atoms with Crippen molar-refractivity contribution >= 4 is 24.0 Å². The molecule has 0 heterocycles. The van der Waals surface area contributed by atoms with Crippen LogP contribution >= 0.6 is 0 Å². The monoisotopic (exact) mass is 555 g/mol. The summed E-state index contributed by atoms with van der Waals surface area (Å²) in [6.45, 7) is 16.4. The SMILES string of the molecule is C=CC(=O)OCCOCCOC(=O)NCC1(C)CC(CC(=O)OCCOCCOC(=O)C(=C)C)CC(C)(C)C1. The third kappa shape index (κ3) is 15.9. The van der Waals surface area contributed by atoms with Crippen molar-refractivity contribution < 1.29 is 47.6 Å². The molecular formula is C28H45NO10. The van der Waals surface area contributed by atoms with Crippen molar-refractivity contribution in [1.82, 2.24) is 5.32 Å². The van der Waals surface area contributed by atoms with E-state index in [1.165, 1.54) is 0 Å². The number of esters is 3. The molecule has 0 aromatic rings. The molecule has 11 heteroatoms. The predicted octanol–water partition coefficient (Wildman–Crippen LogP) is 3.36. The fourth-order valence-corrected chi connectivity index (χ4v) is 4.95. The summed E-state index contributed by atoms with van der Waals surface area (Å²) >= 11 is 0. The standard InChI is InChI=1S/C28H45NO10/c1-7-23(30)36-12-8-35-11-15-39-26(33)29-20-28(6)18-22(17-27(4,5)19-28)16-24(31)37-13-9-34-10-14-38-25(32)21(2)3/h7,22H,1-2,8-20H2,3-6H3,(H,29,33). The molecule has 2 atom stereocenters. The molecule has 1 N–H and O–H groups in total. The Bertz CT molecular complexity index is 840. The van der Waals surface area contributed by atoms with Gasteiger partial charge in [0.15, 0.2) is 0 Å². The molecule has 0 spiro atoms. The zero-order valence-corrected chi connectivity index (χ0v) is 23.8. The van der Waals surface area contributed by atoms with Gasteiger partial charge in [-0.15, -0.1) is 0 Å². The van der Waals surface area contributed by atoms with Crippen molar-refractivity contribution in [2.24, 2.45) is 16.7 Å². The van der Waals surface area contributed by atoms with E-state index >= 15 is 0 Å². The zero-order chi connectivity index (χ0) is 29.3. The Kier molecular flexibility index (Phi) is 15.4. The highest BCUT2D eigenvalue weighted by atomic mass is 16.6. The van der Waals surface area contributed by atoms with Crippen molar-refractivity contribution in [3.8, 4) is 0 Å². The van der Waals surface area contributed by atoms with Crippen LogP contribution in [0, 0.1) is 16.7 Å². The van der Waals surface area contributed by atoms with E-state index in [0.29, 0.717) is 18.5 Å². The summed E-state index contributed by atoms with van der Waals surface area (Å²) in [4.78, 5) is 46.8. The van der Waals surface area contributed by atoms with E-state index in [2.05, 4.69) is 39.2 Å². The lowest BCUT2D eigenvalue weighted by Crippen LogP contribution is -2.44. The van der Waals surface area contributed by atoms with E-state index in [9.17, 15) is 19.2 Å². The third-order valence-corrected chi connectivity index (χ3v) is 6.04. The number of nitrogens with one attached hydrogen (secondary N) is 1. The van der Waals surface area contributed by atoms with Gasteiger partial charge in [-0.05, 0) is 42.9 Å². The van der Waals surface area contributed by atoms with Gasteiger partial charge in [0.05, 0.1) is 26.4 Å². The fraction of sp³-hybridized carbons (Fsp3) is 0.714. The molecule has 0 saturated heterocycles. The van der Waals surface area contributed by atoms with Crippen molar-refractivity contribution in [2.45, 2.75) is 53.4 Å². The van der Waals surface area contributed by atoms with E-state index in [-0.39, 0.29) is 75.6 Å². The summed E-state index contributed by atoms with van der Waals surface area (Å²) in [5, 5.41) is 2.83. The first kappa shape index (κ1) is 34.1. The number of rotatable bonds is 18. The van der Waals surface area contributed by atoms with Crippen molar-refractivity contribution in [3.63, 3.8) is 0 Å². The van der Waals surface area contributed by atoms with Gasteiger partial charge in [0.25, 0.3) is 0 Å². The lowest BCUT2D eigenvalue weighted by Gasteiger charge is -2.46. The van der Waals surface area contributed by atoms with E-state index < -0.39 is 18.0 Å². The third-order valence-electron chi connectivity index (χ3n) is 6.04. The Morgan fingerprint density at radius 2 is 1.41 bits per heavy atom. The Morgan fingerprint density at radius 1 is 0.846 bits per heavy atom. The molecule has 0 aliphatic heterocycles. The lowest BCUT2D eigenvalue weighted by atomic mass is 9.60. The van der Waals surface area contributed by atoms with Crippen molar-refractivity contribution in [3.05, 3.63) is 24.8 Å². The topological polar surface area (TPSA) is 136 Å². The number of amides is 1. The molecule has 0 radical (unpaired) electrons. The highest BCUT2D eigenvalue weighted by Crippen LogP contribution is 2.49. The van der Waals surface area contributed by atoms with Gasteiger partial charge >= 0.3 is 24.0 Å². The molecular weight excluding hydrogens is 510 g/mol.